The van der Waals surface area contributed by atoms with Crippen LogP contribution in [0.1, 0.15) is 24.6 Å². The summed E-state index contributed by atoms with van der Waals surface area (Å²) in [6.07, 6.45) is 2.65. The molecule has 3 N–H and O–H groups in total. The van der Waals surface area contributed by atoms with Crippen molar-refractivity contribution in [2.45, 2.75) is 32.4 Å². The average Bonchev–Trinajstić information content (AvgIpc) is 2.43. The molecule has 0 unspecified atom stereocenters. The van der Waals surface area contributed by atoms with Crippen molar-refractivity contribution >= 4 is 17.0 Å². The fourth-order valence-corrected chi connectivity index (χ4v) is 2.55. The lowest BCUT2D eigenvalue weighted by molar-refractivity contribution is 0.241. The van der Waals surface area contributed by atoms with Crippen LogP contribution in [0.15, 0.2) is 11.4 Å². The van der Waals surface area contributed by atoms with Crippen LogP contribution < -0.4 is 11.1 Å². The molecular formula is C10H16N2S. The first-order valence-corrected chi connectivity index (χ1v) is 5.69. The average molecular weight is 196 g/mol. The predicted octanol–water partition coefficient (Wildman–Crippen LogP) is 2.22. The molecule has 0 atom stereocenters. The van der Waals surface area contributed by atoms with E-state index < -0.39 is 0 Å². The summed E-state index contributed by atoms with van der Waals surface area (Å²) in [4.78, 5) is 1.28. The number of nitrogens with one attached hydrogen (secondary N) is 1. The quantitative estimate of drug-likeness (QED) is 0.778. The minimum Gasteiger partial charge on any atom is -0.398 e. The minimum atomic E-state index is 0.733. The van der Waals surface area contributed by atoms with E-state index in [1.807, 2.05) is 6.07 Å². The van der Waals surface area contributed by atoms with E-state index in [0.29, 0.717) is 0 Å². The molecule has 1 fully saturated rings. The van der Waals surface area contributed by atoms with Crippen molar-refractivity contribution in [2.24, 2.45) is 5.92 Å². The van der Waals surface area contributed by atoms with E-state index >= 15 is 0 Å². The number of nitrogens with two attached hydrogens (primary N) is 1. The maximum absolute atomic E-state index is 5.78. The molecule has 1 aliphatic carbocycles. The second-order valence-corrected chi connectivity index (χ2v) is 4.95. The number of rotatable bonds is 3. The van der Waals surface area contributed by atoms with Gasteiger partial charge in [-0.2, -0.15) is 0 Å². The molecule has 0 radical (unpaired) electrons. The molecule has 72 valence electrons. The lowest BCUT2D eigenvalue weighted by Crippen LogP contribution is -2.39. The van der Waals surface area contributed by atoms with Crippen LogP contribution in [-0.4, -0.2) is 6.04 Å². The Bertz CT molecular complexity index is 276. The maximum Gasteiger partial charge on any atom is 0.0468 e. The second-order valence-electron chi connectivity index (χ2n) is 3.95. The lowest BCUT2D eigenvalue weighted by atomic mass is 9.82. The Hall–Kier alpha value is -0.540. The van der Waals surface area contributed by atoms with E-state index in [9.17, 15) is 0 Å². The summed E-state index contributed by atoms with van der Waals surface area (Å²) >= 11 is 1.74. The van der Waals surface area contributed by atoms with Gasteiger partial charge in [0.05, 0.1) is 0 Å². The Morgan fingerprint density at radius 2 is 2.38 bits per heavy atom. The molecule has 0 spiro atoms. The zero-order valence-electron chi connectivity index (χ0n) is 7.92. The van der Waals surface area contributed by atoms with Crippen LogP contribution in [0.2, 0.25) is 0 Å². The fraction of sp³-hybridized carbons (Fsp3) is 0.600. The molecule has 1 aromatic heterocycles. The van der Waals surface area contributed by atoms with E-state index in [0.717, 1.165) is 24.2 Å². The third-order valence-corrected chi connectivity index (χ3v) is 3.64. The first-order valence-electron chi connectivity index (χ1n) is 4.81. The summed E-state index contributed by atoms with van der Waals surface area (Å²) in [5.74, 6) is 0.915. The highest BCUT2D eigenvalue weighted by Crippen LogP contribution is 2.27. The van der Waals surface area contributed by atoms with Crippen molar-refractivity contribution in [3.63, 3.8) is 0 Å². The number of hydrogen-bond acceptors (Lipinski definition) is 3. The third kappa shape index (κ3) is 2.03. The summed E-state index contributed by atoms with van der Waals surface area (Å²) < 4.78 is 0. The van der Waals surface area contributed by atoms with Crippen LogP contribution in [0.3, 0.4) is 0 Å². The zero-order valence-corrected chi connectivity index (χ0v) is 8.73. The van der Waals surface area contributed by atoms with Gasteiger partial charge in [-0.1, -0.05) is 6.92 Å². The fourth-order valence-electron chi connectivity index (χ4n) is 1.80. The van der Waals surface area contributed by atoms with Crippen LogP contribution in [-0.2, 0) is 6.54 Å². The molecule has 1 aromatic rings. The number of thiophene rings is 1. The van der Waals surface area contributed by atoms with Crippen molar-refractivity contribution in [1.29, 1.82) is 0 Å². The van der Waals surface area contributed by atoms with Gasteiger partial charge in [-0.15, -0.1) is 11.3 Å². The predicted molar refractivity (Wildman–Crippen MR) is 57.8 cm³/mol. The van der Waals surface area contributed by atoms with Crippen molar-refractivity contribution in [2.75, 3.05) is 5.73 Å². The summed E-state index contributed by atoms with van der Waals surface area (Å²) in [6.45, 7) is 3.25. The van der Waals surface area contributed by atoms with Gasteiger partial charge in [-0.25, -0.2) is 0 Å². The van der Waals surface area contributed by atoms with Gasteiger partial charge in [0.2, 0.25) is 0 Å². The normalized spacial score (nSPS) is 27.2. The highest BCUT2D eigenvalue weighted by Gasteiger charge is 2.24. The summed E-state index contributed by atoms with van der Waals surface area (Å²) in [5, 5.41) is 5.57. The van der Waals surface area contributed by atoms with Crippen LogP contribution in [0.5, 0.6) is 0 Å². The molecule has 0 amide bonds. The van der Waals surface area contributed by atoms with E-state index in [2.05, 4.69) is 17.6 Å². The van der Waals surface area contributed by atoms with Gasteiger partial charge in [0.15, 0.2) is 0 Å². The molecule has 0 saturated heterocycles. The first kappa shape index (κ1) is 9.03. The monoisotopic (exact) mass is 196 g/mol. The van der Waals surface area contributed by atoms with Gasteiger partial charge < -0.3 is 11.1 Å². The van der Waals surface area contributed by atoms with Crippen LogP contribution in [0.25, 0.3) is 0 Å². The van der Waals surface area contributed by atoms with Crippen LogP contribution >= 0.6 is 11.3 Å². The van der Waals surface area contributed by atoms with E-state index in [1.54, 1.807) is 11.3 Å². The molecule has 0 aliphatic heterocycles. The molecule has 3 heteroatoms. The molecule has 2 nitrogen and oxygen atoms in total. The van der Waals surface area contributed by atoms with Gasteiger partial charge in [-0.3, -0.25) is 0 Å². The standard InChI is InChI=1S/C10H16N2S/c1-7-4-8(5-7)12-6-10-9(11)2-3-13-10/h2-3,7-8,12H,4-6,11H2,1H3. The highest BCUT2D eigenvalue weighted by atomic mass is 32.1. The smallest absolute Gasteiger partial charge is 0.0468 e. The molecule has 0 bridgehead atoms. The molecule has 0 aromatic carbocycles. The Labute approximate surface area is 83.1 Å². The summed E-state index contributed by atoms with van der Waals surface area (Å²) in [6, 6.07) is 2.71. The van der Waals surface area contributed by atoms with Gasteiger partial charge in [0, 0.05) is 23.2 Å². The molecule has 1 saturated carbocycles. The van der Waals surface area contributed by atoms with Crippen LogP contribution in [0.4, 0.5) is 5.69 Å². The topological polar surface area (TPSA) is 38.0 Å². The van der Waals surface area contributed by atoms with Gasteiger partial charge in [0.1, 0.15) is 0 Å². The van der Waals surface area contributed by atoms with Crippen molar-refractivity contribution in [3.8, 4) is 0 Å². The Kier molecular flexibility index (Phi) is 2.56. The largest absolute Gasteiger partial charge is 0.398 e. The van der Waals surface area contributed by atoms with Gasteiger partial charge in [-0.05, 0) is 30.2 Å². The van der Waals surface area contributed by atoms with E-state index in [1.165, 1.54) is 17.7 Å². The second kappa shape index (κ2) is 3.68. The number of anilines is 1. The van der Waals surface area contributed by atoms with Gasteiger partial charge >= 0.3 is 0 Å². The van der Waals surface area contributed by atoms with Crippen molar-refractivity contribution < 1.29 is 0 Å². The summed E-state index contributed by atoms with van der Waals surface area (Å²) in [5.41, 5.74) is 6.72. The zero-order chi connectivity index (χ0) is 9.26. The number of nitrogen functional groups attached to an aromatic ring is 1. The van der Waals surface area contributed by atoms with Crippen molar-refractivity contribution in [3.05, 3.63) is 16.3 Å². The van der Waals surface area contributed by atoms with Crippen LogP contribution in [0, 0.1) is 5.92 Å². The molecule has 1 aliphatic rings. The molecule has 2 rings (SSSR count). The maximum atomic E-state index is 5.78. The third-order valence-electron chi connectivity index (χ3n) is 2.70. The van der Waals surface area contributed by atoms with E-state index in [4.69, 9.17) is 5.73 Å². The molecule has 1 heterocycles. The SMILES string of the molecule is CC1CC(NCc2sccc2N)C1. The summed E-state index contributed by atoms with van der Waals surface area (Å²) in [7, 11) is 0. The van der Waals surface area contributed by atoms with Gasteiger partial charge in [0.25, 0.3) is 0 Å². The Balaban J connectivity index is 1.77. The first-order chi connectivity index (χ1) is 6.25. The Morgan fingerprint density at radius 3 is 2.92 bits per heavy atom. The van der Waals surface area contributed by atoms with Crippen molar-refractivity contribution in [1.82, 2.24) is 5.32 Å². The molecule has 13 heavy (non-hydrogen) atoms. The number of hydrogen-bond donors (Lipinski definition) is 2. The lowest BCUT2D eigenvalue weighted by Gasteiger charge is -2.33. The minimum absolute atomic E-state index is 0.733. The molecular weight excluding hydrogens is 180 g/mol. The highest BCUT2D eigenvalue weighted by molar-refractivity contribution is 7.10. The Morgan fingerprint density at radius 1 is 1.62 bits per heavy atom. The van der Waals surface area contributed by atoms with E-state index in [-0.39, 0.29) is 0 Å².